The molecule has 0 bridgehead atoms. The average molecular weight is 191 g/mol. The van der Waals surface area contributed by atoms with Crippen molar-refractivity contribution in [1.82, 2.24) is 0 Å². The summed E-state index contributed by atoms with van der Waals surface area (Å²) in [6.45, 7) is 3.50. The van der Waals surface area contributed by atoms with E-state index in [2.05, 4.69) is 31.2 Å². The minimum absolute atomic E-state index is 0.218. The quantitative estimate of drug-likeness (QED) is 0.791. The second-order valence-electron chi connectivity index (χ2n) is 4.10. The Labute approximate surface area is 85.1 Å². The van der Waals surface area contributed by atoms with Gasteiger partial charge in [-0.2, -0.15) is 0 Å². The zero-order valence-corrected chi connectivity index (χ0v) is 8.62. The van der Waals surface area contributed by atoms with Crippen LogP contribution in [-0.2, 0) is 16.7 Å². The van der Waals surface area contributed by atoms with Crippen molar-refractivity contribution in [2.24, 2.45) is 5.73 Å². The summed E-state index contributed by atoms with van der Waals surface area (Å²) in [5.74, 6) is 0. The molecule has 1 aliphatic heterocycles. The molecule has 2 N–H and O–H groups in total. The van der Waals surface area contributed by atoms with Gasteiger partial charge in [-0.05, 0) is 17.5 Å². The summed E-state index contributed by atoms with van der Waals surface area (Å²) in [4.78, 5) is 0. The summed E-state index contributed by atoms with van der Waals surface area (Å²) in [5, 5.41) is 0. The van der Waals surface area contributed by atoms with Crippen molar-refractivity contribution in [3.8, 4) is 0 Å². The van der Waals surface area contributed by atoms with Gasteiger partial charge < -0.3 is 10.5 Å². The first-order valence-corrected chi connectivity index (χ1v) is 5.21. The number of aryl methyl sites for hydroxylation is 1. The minimum atomic E-state index is -0.218. The molecule has 1 fully saturated rings. The number of rotatable bonds is 3. The molecular weight excluding hydrogens is 174 g/mol. The molecule has 2 rings (SSSR count). The number of hydrogen-bond acceptors (Lipinski definition) is 2. The minimum Gasteiger partial charge on any atom is -0.377 e. The fourth-order valence-electron chi connectivity index (χ4n) is 1.78. The first-order valence-electron chi connectivity index (χ1n) is 5.21. The fourth-order valence-corrected chi connectivity index (χ4v) is 1.78. The van der Waals surface area contributed by atoms with Gasteiger partial charge in [0, 0.05) is 0 Å². The van der Waals surface area contributed by atoms with Crippen molar-refractivity contribution in [3.63, 3.8) is 0 Å². The van der Waals surface area contributed by atoms with E-state index in [-0.39, 0.29) is 5.54 Å². The molecule has 0 amide bonds. The fraction of sp³-hybridized carbons (Fsp3) is 0.500. The number of benzene rings is 1. The van der Waals surface area contributed by atoms with E-state index in [4.69, 9.17) is 10.5 Å². The van der Waals surface area contributed by atoms with E-state index >= 15 is 0 Å². The molecule has 2 heteroatoms. The SMILES string of the molecule is CCCc1ccc(C2(N)COC2)cc1. The molecule has 0 spiro atoms. The van der Waals surface area contributed by atoms with E-state index in [1.807, 2.05) is 0 Å². The molecule has 1 aromatic rings. The monoisotopic (exact) mass is 191 g/mol. The van der Waals surface area contributed by atoms with Gasteiger partial charge in [-0.25, -0.2) is 0 Å². The van der Waals surface area contributed by atoms with Gasteiger partial charge >= 0.3 is 0 Å². The van der Waals surface area contributed by atoms with Gasteiger partial charge in [0.05, 0.1) is 18.8 Å². The van der Waals surface area contributed by atoms with Crippen molar-refractivity contribution in [2.75, 3.05) is 13.2 Å². The van der Waals surface area contributed by atoms with Gasteiger partial charge in [0.15, 0.2) is 0 Å². The zero-order valence-electron chi connectivity index (χ0n) is 8.62. The molecule has 0 aliphatic carbocycles. The first-order chi connectivity index (χ1) is 6.74. The maximum atomic E-state index is 6.12. The summed E-state index contributed by atoms with van der Waals surface area (Å²) >= 11 is 0. The highest BCUT2D eigenvalue weighted by atomic mass is 16.5. The molecule has 1 aliphatic rings. The second kappa shape index (κ2) is 3.71. The van der Waals surface area contributed by atoms with Crippen molar-refractivity contribution < 1.29 is 4.74 Å². The van der Waals surface area contributed by atoms with Crippen LogP contribution in [0.5, 0.6) is 0 Å². The number of nitrogens with two attached hydrogens (primary N) is 1. The van der Waals surface area contributed by atoms with E-state index in [0.717, 1.165) is 6.42 Å². The molecule has 1 aromatic carbocycles. The maximum absolute atomic E-state index is 6.12. The average Bonchev–Trinajstić information content (AvgIpc) is 2.16. The zero-order chi connectivity index (χ0) is 10.0. The number of ether oxygens (including phenoxy) is 1. The molecule has 0 aromatic heterocycles. The predicted octanol–water partition coefficient (Wildman–Crippen LogP) is 1.82. The molecule has 1 saturated heterocycles. The standard InChI is InChI=1S/C12H17NO/c1-2-3-10-4-6-11(7-5-10)12(13)8-14-9-12/h4-7H,2-3,8-9,13H2,1H3. The highest BCUT2D eigenvalue weighted by molar-refractivity contribution is 5.30. The van der Waals surface area contributed by atoms with Crippen molar-refractivity contribution >= 4 is 0 Å². The Morgan fingerprint density at radius 2 is 1.93 bits per heavy atom. The van der Waals surface area contributed by atoms with Crippen LogP contribution in [0.15, 0.2) is 24.3 Å². The van der Waals surface area contributed by atoms with Crippen molar-refractivity contribution in [1.29, 1.82) is 0 Å². The Kier molecular flexibility index (Phi) is 2.57. The van der Waals surface area contributed by atoms with E-state index in [0.29, 0.717) is 13.2 Å². The Morgan fingerprint density at radius 1 is 1.29 bits per heavy atom. The van der Waals surface area contributed by atoms with E-state index in [1.54, 1.807) is 0 Å². The van der Waals surface area contributed by atoms with Crippen LogP contribution in [0.25, 0.3) is 0 Å². The first kappa shape index (κ1) is 9.69. The third-order valence-electron chi connectivity index (χ3n) is 2.79. The highest BCUT2D eigenvalue weighted by Crippen LogP contribution is 2.26. The predicted molar refractivity (Wildman–Crippen MR) is 57.1 cm³/mol. The largest absolute Gasteiger partial charge is 0.377 e. The normalized spacial score (nSPS) is 19.0. The molecule has 0 radical (unpaired) electrons. The number of hydrogen-bond donors (Lipinski definition) is 1. The third kappa shape index (κ3) is 1.68. The van der Waals surface area contributed by atoms with Gasteiger partial charge in [0.1, 0.15) is 0 Å². The summed E-state index contributed by atoms with van der Waals surface area (Å²) in [6.07, 6.45) is 2.34. The summed E-state index contributed by atoms with van der Waals surface area (Å²) in [7, 11) is 0. The molecule has 2 nitrogen and oxygen atoms in total. The summed E-state index contributed by atoms with van der Waals surface area (Å²) in [6, 6.07) is 8.61. The van der Waals surface area contributed by atoms with Gasteiger partial charge in [0.2, 0.25) is 0 Å². The van der Waals surface area contributed by atoms with Crippen LogP contribution in [0.1, 0.15) is 24.5 Å². The lowest BCUT2D eigenvalue weighted by molar-refractivity contribution is -0.0569. The lowest BCUT2D eigenvalue weighted by Crippen LogP contribution is -2.54. The van der Waals surface area contributed by atoms with Gasteiger partial charge in [-0.15, -0.1) is 0 Å². The highest BCUT2D eigenvalue weighted by Gasteiger charge is 2.35. The second-order valence-corrected chi connectivity index (χ2v) is 4.10. The Bertz CT molecular complexity index is 301. The van der Waals surface area contributed by atoms with Crippen LogP contribution >= 0.6 is 0 Å². The lowest BCUT2D eigenvalue weighted by Gasteiger charge is -2.38. The van der Waals surface area contributed by atoms with Crippen LogP contribution in [-0.4, -0.2) is 13.2 Å². The van der Waals surface area contributed by atoms with Gasteiger partial charge in [0.25, 0.3) is 0 Å². The van der Waals surface area contributed by atoms with Crippen LogP contribution in [0.3, 0.4) is 0 Å². The lowest BCUT2D eigenvalue weighted by atomic mass is 9.88. The molecular formula is C12H17NO. The third-order valence-corrected chi connectivity index (χ3v) is 2.79. The summed E-state index contributed by atoms with van der Waals surface area (Å²) < 4.78 is 5.15. The molecule has 76 valence electrons. The maximum Gasteiger partial charge on any atom is 0.0883 e. The van der Waals surface area contributed by atoms with Crippen LogP contribution < -0.4 is 5.73 Å². The molecule has 0 unspecified atom stereocenters. The Morgan fingerprint density at radius 3 is 2.36 bits per heavy atom. The van der Waals surface area contributed by atoms with Crippen LogP contribution in [0, 0.1) is 0 Å². The van der Waals surface area contributed by atoms with Gasteiger partial charge in [-0.3, -0.25) is 0 Å². The van der Waals surface area contributed by atoms with Gasteiger partial charge in [-0.1, -0.05) is 37.6 Å². The van der Waals surface area contributed by atoms with E-state index in [9.17, 15) is 0 Å². The van der Waals surface area contributed by atoms with E-state index < -0.39 is 0 Å². The topological polar surface area (TPSA) is 35.2 Å². The molecule has 1 heterocycles. The molecule has 0 atom stereocenters. The molecule has 14 heavy (non-hydrogen) atoms. The van der Waals surface area contributed by atoms with Crippen molar-refractivity contribution in [2.45, 2.75) is 25.3 Å². The molecule has 0 saturated carbocycles. The van der Waals surface area contributed by atoms with Crippen LogP contribution in [0.2, 0.25) is 0 Å². The Hall–Kier alpha value is -0.860. The summed E-state index contributed by atoms with van der Waals surface area (Å²) in [5.41, 5.74) is 8.49. The van der Waals surface area contributed by atoms with Crippen LogP contribution in [0.4, 0.5) is 0 Å². The van der Waals surface area contributed by atoms with Crippen molar-refractivity contribution in [3.05, 3.63) is 35.4 Å². The smallest absolute Gasteiger partial charge is 0.0883 e. The Balaban J connectivity index is 2.13. The van der Waals surface area contributed by atoms with E-state index in [1.165, 1.54) is 17.5 Å².